The largest absolute Gasteiger partial charge is 0.654 e. The molecule has 2 aromatic rings. The number of hydrogen-bond donors (Lipinski definition) is 6. The number of benzene rings is 2. The van der Waals surface area contributed by atoms with Crippen molar-refractivity contribution < 1.29 is 61.5 Å². The topological polar surface area (TPSA) is 246 Å². The van der Waals surface area contributed by atoms with Crippen LogP contribution in [0.2, 0.25) is 0 Å². The maximum absolute atomic E-state index is 14.4. The van der Waals surface area contributed by atoms with Gasteiger partial charge in [0.1, 0.15) is 17.6 Å². The van der Waals surface area contributed by atoms with Gasteiger partial charge in [0.2, 0.25) is 23.6 Å². The molecule has 9 N–H and O–H groups in total. The van der Waals surface area contributed by atoms with Crippen molar-refractivity contribution in [2.24, 2.45) is 22.2 Å². The van der Waals surface area contributed by atoms with Gasteiger partial charge in [-0.05, 0) is 99.5 Å². The predicted octanol–water partition coefficient (Wildman–Crippen LogP) is 2.58. The Balaban J connectivity index is 0.00000393. The van der Waals surface area contributed by atoms with E-state index in [4.69, 9.17) is 16.3 Å². The summed E-state index contributed by atoms with van der Waals surface area (Å²) in [6.45, 7) is 10.1. The van der Waals surface area contributed by atoms with Gasteiger partial charge in [0.15, 0.2) is 5.96 Å². The summed E-state index contributed by atoms with van der Waals surface area (Å²) >= 11 is 0. The van der Waals surface area contributed by atoms with E-state index in [9.17, 15) is 24.0 Å². The number of rotatable bonds is 17. The fourth-order valence-electron chi connectivity index (χ4n) is 7.06. The van der Waals surface area contributed by atoms with Gasteiger partial charge in [0.25, 0.3) is 0 Å². The molecule has 0 bridgehead atoms. The number of carbonyl (C=O) groups excluding carboxylic acids is 6. The third-order valence-electron chi connectivity index (χ3n) is 10.6. The third kappa shape index (κ3) is 15.1. The standard InChI is InChI=1S/C40H60N8O5.CH2NO.Y/c1-8-33(36(51)43-6)48(7)37(52)31(16-13-21-44-39(41)42)45-35(50)32(24-28-14-11-10-12-15-28)46-38(53)40(47-34(49)9-2)19-17-29(18-20-40)30-22-25(3)27(5)26(4)23-30;2-1-3;/h10-12,14-15,22-23,29,31-33H,8-9,13,16-21,24H2,1-7H3,(H8,41,42,43,44,45,46,47,49,50,51,53);(H2,2,3);/q;-1;/p-1/t29?,31-,32+,33-,40?;;/m0../s1. The summed E-state index contributed by atoms with van der Waals surface area (Å²) in [7, 11) is 2.88. The first-order valence-corrected chi connectivity index (χ1v) is 19.1. The molecule has 311 valence electrons. The zero-order valence-corrected chi connectivity index (χ0v) is 37.4. The summed E-state index contributed by atoms with van der Waals surface area (Å²) in [6.07, 6.45) is 4.33. The summed E-state index contributed by atoms with van der Waals surface area (Å²) in [4.78, 5) is 81.8. The quantitative estimate of drug-likeness (QED) is 0.0453. The van der Waals surface area contributed by atoms with Crippen molar-refractivity contribution in [3.63, 3.8) is 0 Å². The average molecular weight is 865 g/mol. The molecule has 0 spiro atoms. The molecule has 57 heavy (non-hydrogen) atoms. The SMILES string of the molecule is CCC(=O)NC1(C(=O)N[C@H](Cc2ccccc2)C(=O)N[C@@H](CCCN=C(N)N)C(=O)N(C)[C@@H](CC)C(=O)[N-]C)CCC(c2cc(C)c(C)c(C)c2)CC1.N[C-]=O.[Y]. The maximum atomic E-state index is 14.4. The molecule has 1 aliphatic carbocycles. The monoisotopic (exact) mass is 864 g/mol. The van der Waals surface area contributed by atoms with Crippen LogP contribution in [0.1, 0.15) is 98.9 Å². The molecule has 1 aliphatic rings. The number of aliphatic imine (C=N–C) groups is 1. The number of hydrogen-bond acceptors (Lipinski definition) is 7. The molecule has 3 rings (SSSR count). The van der Waals surface area contributed by atoms with E-state index in [1.165, 1.54) is 41.2 Å². The maximum Gasteiger partial charge on any atom is 0.246 e. The molecule has 0 aromatic heterocycles. The molecule has 1 radical (unpaired) electrons. The second kappa shape index (κ2) is 25.1. The van der Waals surface area contributed by atoms with Gasteiger partial charge >= 0.3 is 0 Å². The molecule has 0 aliphatic heterocycles. The molecule has 2 aromatic carbocycles. The Morgan fingerprint density at radius 3 is 2.07 bits per heavy atom. The normalized spacial score (nSPS) is 17.4. The number of likely N-dealkylation sites (N-methyl/N-ethyl adjacent to an activating group) is 2. The molecular weight excluding hydrogens is 803 g/mol. The number of nitrogens with zero attached hydrogens (tertiary/aromatic N) is 3. The molecule has 3 atom stereocenters. The number of nitrogens with two attached hydrogens (primary N) is 3. The molecule has 0 saturated heterocycles. The second-order valence-corrected chi connectivity index (χ2v) is 14.3. The minimum absolute atomic E-state index is 0. The molecule has 1 fully saturated rings. The van der Waals surface area contributed by atoms with Gasteiger partial charge in [-0.25, -0.2) is 0 Å². The van der Waals surface area contributed by atoms with Crippen molar-refractivity contribution in [1.82, 2.24) is 20.9 Å². The summed E-state index contributed by atoms with van der Waals surface area (Å²) < 4.78 is 0. The van der Waals surface area contributed by atoms with E-state index in [0.29, 0.717) is 38.5 Å². The minimum atomic E-state index is -1.22. The van der Waals surface area contributed by atoms with Gasteiger partial charge < -0.3 is 53.0 Å². The fourth-order valence-corrected chi connectivity index (χ4v) is 7.06. The van der Waals surface area contributed by atoms with Crippen LogP contribution in [-0.2, 0) is 67.9 Å². The van der Waals surface area contributed by atoms with Crippen LogP contribution < -0.4 is 33.2 Å². The Morgan fingerprint density at radius 2 is 1.56 bits per heavy atom. The van der Waals surface area contributed by atoms with E-state index in [0.717, 1.165) is 12.0 Å². The van der Waals surface area contributed by atoms with Gasteiger partial charge in [0, 0.05) is 59.1 Å². The minimum Gasteiger partial charge on any atom is -0.654 e. The van der Waals surface area contributed by atoms with E-state index < -0.39 is 47.3 Å². The first kappa shape index (κ1) is 50.7. The number of carbonyl (C=O) groups is 5. The van der Waals surface area contributed by atoms with Crippen molar-refractivity contribution in [3.8, 4) is 0 Å². The van der Waals surface area contributed by atoms with Crippen LogP contribution in [0.5, 0.6) is 0 Å². The zero-order chi connectivity index (χ0) is 42.0. The predicted molar refractivity (Wildman–Crippen MR) is 218 cm³/mol. The number of nitrogens with one attached hydrogen (secondary N) is 3. The first-order chi connectivity index (χ1) is 26.6. The van der Waals surface area contributed by atoms with E-state index in [1.807, 2.05) is 30.3 Å². The van der Waals surface area contributed by atoms with Gasteiger partial charge in [-0.1, -0.05) is 56.3 Å². The second-order valence-electron chi connectivity index (χ2n) is 14.3. The Morgan fingerprint density at radius 1 is 0.982 bits per heavy atom. The van der Waals surface area contributed by atoms with Gasteiger partial charge in [-0.3, -0.25) is 24.2 Å². The van der Waals surface area contributed by atoms with Crippen LogP contribution in [-0.4, -0.2) is 91.1 Å². The summed E-state index contributed by atoms with van der Waals surface area (Å²) in [5, 5.41) is 12.6. The Labute approximate surface area is 362 Å². The Bertz CT molecular complexity index is 1650. The van der Waals surface area contributed by atoms with Crippen molar-refractivity contribution in [1.29, 1.82) is 0 Å². The van der Waals surface area contributed by atoms with Crippen LogP contribution in [0.4, 0.5) is 0 Å². The van der Waals surface area contributed by atoms with Gasteiger partial charge in [0.05, 0.1) is 11.9 Å². The molecule has 16 heteroatoms. The van der Waals surface area contributed by atoms with Crippen molar-refractivity contribution in [2.75, 3.05) is 20.6 Å². The Hall–Kier alpha value is -4.37. The van der Waals surface area contributed by atoms with Gasteiger partial charge in [-0.15, -0.1) is 7.05 Å². The van der Waals surface area contributed by atoms with Crippen LogP contribution in [0.3, 0.4) is 0 Å². The summed E-state index contributed by atoms with van der Waals surface area (Å²) in [6, 6.07) is 10.7. The molecule has 15 nitrogen and oxygen atoms in total. The van der Waals surface area contributed by atoms with E-state index in [-0.39, 0.29) is 76.3 Å². The van der Waals surface area contributed by atoms with E-state index in [1.54, 1.807) is 13.8 Å². The fraction of sp³-hybridized carbons (Fsp3) is 0.537. The third-order valence-corrected chi connectivity index (χ3v) is 10.6. The molecule has 1 saturated carbocycles. The first-order valence-electron chi connectivity index (χ1n) is 19.1. The van der Waals surface area contributed by atoms with Crippen LogP contribution >= 0.6 is 0 Å². The molecule has 0 heterocycles. The average Bonchev–Trinajstić information content (AvgIpc) is 3.18. The van der Waals surface area contributed by atoms with E-state index >= 15 is 0 Å². The number of amides is 6. The van der Waals surface area contributed by atoms with Crippen LogP contribution in [0.25, 0.3) is 5.32 Å². The van der Waals surface area contributed by atoms with Crippen molar-refractivity contribution in [3.05, 3.63) is 75.6 Å². The van der Waals surface area contributed by atoms with Crippen molar-refractivity contribution in [2.45, 2.75) is 122 Å². The summed E-state index contributed by atoms with van der Waals surface area (Å²) in [5.74, 6) is -2.09. The Kier molecular flexibility index (Phi) is 22.3. The molecule has 0 unspecified atom stereocenters. The van der Waals surface area contributed by atoms with Crippen molar-refractivity contribution >= 4 is 41.9 Å². The van der Waals surface area contributed by atoms with Crippen LogP contribution in [0, 0.1) is 20.8 Å². The number of aryl methyl sites for hydroxylation is 2. The molecular formula is C41H61N9O6Y-2. The van der Waals surface area contributed by atoms with Gasteiger partial charge in [-0.2, -0.15) is 6.41 Å². The zero-order valence-electron chi connectivity index (χ0n) is 34.5. The number of guanidine groups is 1. The smallest absolute Gasteiger partial charge is 0.246 e. The molecule has 6 amide bonds. The van der Waals surface area contributed by atoms with E-state index in [2.05, 4.69) is 64.9 Å². The summed E-state index contributed by atoms with van der Waals surface area (Å²) in [5.41, 5.74) is 19.5. The van der Waals surface area contributed by atoms with Crippen LogP contribution in [0.15, 0.2) is 47.5 Å². The number of primary amides is 1.